The molecule has 3 unspecified atom stereocenters. The van der Waals surface area contributed by atoms with Crippen molar-refractivity contribution in [2.45, 2.75) is 18.5 Å². The number of aliphatic hydroxyl groups is 1. The first kappa shape index (κ1) is 9.67. The van der Waals surface area contributed by atoms with E-state index in [-0.39, 0.29) is 25.1 Å². The monoisotopic (exact) mass is 174 g/mol. The van der Waals surface area contributed by atoms with Gasteiger partial charge in [-0.25, -0.2) is 0 Å². The Bertz CT molecular complexity index is 135. The highest BCUT2D eigenvalue weighted by molar-refractivity contribution is 4.77. The SMILES string of the molecule is C=C.OCC1OC1OCC1CO1. The predicted octanol–water partition coefficient (Wildman–Crippen LogP) is -0.0788. The third kappa shape index (κ3) is 2.91. The van der Waals surface area contributed by atoms with Gasteiger partial charge in [-0.2, -0.15) is 0 Å². The van der Waals surface area contributed by atoms with Gasteiger partial charge in [0.1, 0.15) is 12.2 Å². The van der Waals surface area contributed by atoms with Gasteiger partial charge in [-0.1, -0.05) is 0 Å². The van der Waals surface area contributed by atoms with E-state index in [2.05, 4.69) is 13.2 Å². The van der Waals surface area contributed by atoms with Gasteiger partial charge in [0.2, 0.25) is 0 Å². The molecule has 12 heavy (non-hydrogen) atoms. The summed E-state index contributed by atoms with van der Waals surface area (Å²) in [6.07, 6.45) is 0.0245. The van der Waals surface area contributed by atoms with Crippen molar-refractivity contribution >= 4 is 0 Å². The van der Waals surface area contributed by atoms with Gasteiger partial charge in [0.25, 0.3) is 0 Å². The maximum absolute atomic E-state index is 8.52. The first-order valence-corrected chi connectivity index (χ1v) is 3.89. The summed E-state index contributed by atoms with van der Waals surface area (Å²) < 4.78 is 15.0. The fourth-order valence-corrected chi connectivity index (χ4v) is 0.769. The Morgan fingerprint density at radius 2 is 2.17 bits per heavy atom. The lowest BCUT2D eigenvalue weighted by Gasteiger charge is -1.93. The van der Waals surface area contributed by atoms with Crippen LogP contribution in [0, 0.1) is 0 Å². The number of rotatable bonds is 4. The van der Waals surface area contributed by atoms with E-state index in [4.69, 9.17) is 19.3 Å². The van der Waals surface area contributed by atoms with Gasteiger partial charge < -0.3 is 19.3 Å². The van der Waals surface area contributed by atoms with E-state index in [0.717, 1.165) is 6.61 Å². The fraction of sp³-hybridized carbons (Fsp3) is 0.750. The summed E-state index contributed by atoms with van der Waals surface area (Å²) in [5, 5.41) is 8.52. The summed E-state index contributed by atoms with van der Waals surface area (Å²) in [6, 6.07) is 0. The van der Waals surface area contributed by atoms with Crippen LogP contribution in [0.2, 0.25) is 0 Å². The molecule has 2 aliphatic heterocycles. The molecule has 3 atom stereocenters. The molecule has 2 aliphatic rings. The minimum atomic E-state index is -0.172. The summed E-state index contributed by atoms with van der Waals surface area (Å²) in [4.78, 5) is 0. The molecule has 0 spiro atoms. The zero-order chi connectivity index (χ0) is 8.97. The van der Waals surface area contributed by atoms with Crippen molar-refractivity contribution in [2.75, 3.05) is 19.8 Å². The van der Waals surface area contributed by atoms with E-state index < -0.39 is 0 Å². The molecule has 70 valence electrons. The lowest BCUT2D eigenvalue weighted by atomic mass is 10.5. The molecule has 0 amide bonds. The molecule has 2 saturated heterocycles. The molecule has 2 rings (SSSR count). The van der Waals surface area contributed by atoms with Crippen molar-refractivity contribution in [3.63, 3.8) is 0 Å². The minimum Gasteiger partial charge on any atom is -0.393 e. The highest BCUT2D eigenvalue weighted by Crippen LogP contribution is 2.23. The van der Waals surface area contributed by atoms with Crippen LogP contribution in [0.15, 0.2) is 13.2 Å². The molecule has 0 bridgehead atoms. The van der Waals surface area contributed by atoms with E-state index in [1.165, 1.54) is 0 Å². The molecule has 0 aromatic carbocycles. The molecule has 2 fully saturated rings. The molecule has 2 heterocycles. The third-order valence-electron chi connectivity index (χ3n) is 1.56. The van der Waals surface area contributed by atoms with Crippen LogP contribution in [0.3, 0.4) is 0 Å². The van der Waals surface area contributed by atoms with Gasteiger partial charge in [0.05, 0.1) is 19.8 Å². The lowest BCUT2D eigenvalue weighted by molar-refractivity contribution is 0.0405. The van der Waals surface area contributed by atoms with E-state index in [0.29, 0.717) is 6.61 Å². The topological polar surface area (TPSA) is 54.5 Å². The van der Waals surface area contributed by atoms with Gasteiger partial charge in [-0.3, -0.25) is 0 Å². The molecule has 1 N–H and O–H groups in total. The Hall–Kier alpha value is -0.420. The maximum atomic E-state index is 8.52. The van der Waals surface area contributed by atoms with Crippen molar-refractivity contribution < 1.29 is 19.3 Å². The molecule has 0 saturated carbocycles. The van der Waals surface area contributed by atoms with Crippen LogP contribution in [0.4, 0.5) is 0 Å². The quantitative estimate of drug-likeness (QED) is 0.478. The molecule has 4 nitrogen and oxygen atoms in total. The Morgan fingerprint density at radius 3 is 2.58 bits per heavy atom. The summed E-state index contributed by atoms with van der Waals surface area (Å²) >= 11 is 0. The largest absolute Gasteiger partial charge is 0.393 e. The summed E-state index contributed by atoms with van der Waals surface area (Å²) in [5.41, 5.74) is 0. The molecular weight excluding hydrogens is 160 g/mol. The summed E-state index contributed by atoms with van der Waals surface area (Å²) in [6.45, 7) is 7.45. The smallest absolute Gasteiger partial charge is 0.186 e. The molecule has 4 heteroatoms. The first-order valence-electron chi connectivity index (χ1n) is 3.89. The van der Waals surface area contributed by atoms with Crippen molar-refractivity contribution in [1.29, 1.82) is 0 Å². The average Bonchev–Trinajstić information content (AvgIpc) is 3.01. The Morgan fingerprint density at radius 1 is 1.50 bits per heavy atom. The number of ether oxygens (including phenoxy) is 3. The van der Waals surface area contributed by atoms with E-state index >= 15 is 0 Å². The zero-order valence-electron chi connectivity index (χ0n) is 6.94. The number of aliphatic hydroxyl groups excluding tert-OH is 1. The van der Waals surface area contributed by atoms with Crippen LogP contribution in [-0.2, 0) is 14.2 Å². The van der Waals surface area contributed by atoms with Crippen LogP contribution in [0.25, 0.3) is 0 Å². The van der Waals surface area contributed by atoms with Crippen molar-refractivity contribution in [3.05, 3.63) is 13.2 Å². The van der Waals surface area contributed by atoms with Crippen LogP contribution in [-0.4, -0.2) is 43.4 Å². The van der Waals surface area contributed by atoms with Crippen molar-refractivity contribution in [3.8, 4) is 0 Å². The lowest BCUT2D eigenvalue weighted by Crippen LogP contribution is -2.08. The van der Waals surface area contributed by atoms with Crippen LogP contribution in [0.5, 0.6) is 0 Å². The third-order valence-corrected chi connectivity index (χ3v) is 1.56. The standard InChI is InChI=1S/C6H10O4.C2H4/c7-1-5-6(10-5)9-3-4-2-8-4;1-2/h4-7H,1-3H2;1-2H2. The summed E-state index contributed by atoms with van der Waals surface area (Å²) in [7, 11) is 0. The first-order chi connectivity index (χ1) is 5.90. The number of hydrogen-bond acceptors (Lipinski definition) is 4. The Balaban J connectivity index is 0.000000336. The minimum absolute atomic E-state index is 0.0518. The van der Waals surface area contributed by atoms with Crippen LogP contribution in [0.1, 0.15) is 0 Å². The average molecular weight is 174 g/mol. The number of epoxide rings is 2. The van der Waals surface area contributed by atoms with Gasteiger partial charge >= 0.3 is 0 Å². The highest BCUT2D eigenvalue weighted by Gasteiger charge is 2.40. The summed E-state index contributed by atoms with van der Waals surface area (Å²) in [5.74, 6) is 0. The fourth-order valence-electron chi connectivity index (χ4n) is 0.769. The molecule has 0 radical (unpaired) electrons. The van der Waals surface area contributed by atoms with Gasteiger partial charge in [-0.15, -0.1) is 13.2 Å². The predicted molar refractivity (Wildman–Crippen MR) is 42.7 cm³/mol. The molecule has 0 aliphatic carbocycles. The Kier molecular flexibility index (Phi) is 3.68. The highest BCUT2D eigenvalue weighted by atomic mass is 16.8. The molecular formula is C8H14O4. The van der Waals surface area contributed by atoms with Crippen LogP contribution < -0.4 is 0 Å². The van der Waals surface area contributed by atoms with Gasteiger partial charge in [0.15, 0.2) is 6.29 Å². The van der Waals surface area contributed by atoms with Crippen molar-refractivity contribution in [1.82, 2.24) is 0 Å². The van der Waals surface area contributed by atoms with E-state index in [1.807, 2.05) is 0 Å². The second kappa shape index (κ2) is 4.57. The van der Waals surface area contributed by atoms with Crippen LogP contribution >= 0.6 is 0 Å². The van der Waals surface area contributed by atoms with Gasteiger partial charge in [-0.05, 0) is 0 Å². The normalized spacial score (nSPS) is 36.6. The van der Waals surface area contributed by atoms with Gasteiger partial charge in [0, 0.05) is 0 Å². The maximum Gasteiger partial charge on any atom is 0.186 e. The molecule has 0 aromatic heterocycles. The zero-order valence-corrected chi connectivity index (χ0v) is 6.94. The Labute approximate surface area is 71.7 Å². The second-order valence-corrected chi connectivity index (χ2v) is 2.51. The van der Waals surface area contributed by atoms with Crippen molar-refractivity contribution in [2.24, 2.45) is 0 Å². The molecule has 0 aromatic rings. The second-order valence-electron chi connectivity index (χ2n) is 2.51. The van der Waals surface area contributed by atoms with E-state index in [1.54, 1.807) is 0 Å². The van der Waals surface area contributed by atoms with E-state index in [9.17, 15) is 0 Å². The number of hydrogen-bond donors (Lipinski definition) is 1.